The molecule has 1 saturated carbocycles. The van der Waals surface area contributed by atoms with E-state index in [0.29, 0.717) is 6.04 Å². The monoisotopic (exact) mass is 512 g/mol. The molecule has 1 amide bonds. The summed E-state index contributed by atoms with van der Waals surface area (Å²) in [6.07, 6.45) is 5.11. The predicted octanol–water partition coefficient (Wildman–Crippen LogP) is 6.25. The summed E-state index contributed by atoms with van der Waals surface area (Å²) in [5, 5.41) is 11.9. The molecule has 4 N–H and O–H groups in total. The lowest BCUT2D eigenvalue weighted by Gasteiger charge is -2.31. The average Bonchev–Trinajstić information content (AvgIpc) is 2.82. The first-order valence-corrected chi connectivity index (χ1v) is 13.1. The van der Waals surface area contributed by atoms with Gasteiger partial charge in [0.25, 0.3) is 0 Å². The Kier molecular flexibility index (Phi) is 11.1. The average molecular weight is 513 g/mol. The lowest BCUT2D eigenvalue weighted by molar-refractivity contribution is -0.147. The second-order valence-corrected chi connectivity index (χ2v) is 11.1. The van der Waals surface area contributed by atoms with E-state index in [-0.39, 0.29) is 0 Å². The van der Waals surface area contributed by atoms with Crippen LogP contribution >= 0.6 is 0 Å². The van der Waals surface area contributed by atoms with E-state index < -0.39 is 35.4 Å². The minimum Gasteiger partial charge on any atom is -0.480 e. The Labute approximate surface area is 221 Å². The SMILES string of the molecule is CC(OC(C)(C)C)C(NC(=O)OC(C)(C)c1ccc(-c2ccccc2)cc1)C(=O)O.NC1CCCCC1. The Balaban J connectivity index is 0.000000591. The maximum Gasteiger partial charge on any atom is 0.408 e. The van der Waals surface area contributed by atoms with E-state index in [1.54, 1.807) is 20.8 Å². The smallest absolute Gasteiger partial charge is 0.408 e. The molecule has 2 unspecified atom stereocenters. The maximum atomic E-state index is 12.5. The number of nitrogens with one attached hydrogen (secondary N) is 1. The molecule has 7 nitrogen and oxygen atoms in total. The zero-order valence-corrected chi connectivity index (χ0v) is 23.1. The molecule has 0 aliphatic heterocycles. The molecule has 3 rings (SSSR count). The van der Waals surface area contributed by atoms with E-state index in [1.807, 2.05) is 75.4 Å². The van der Waals surface area contributed by atoms with Gasteiger partial charge in [-0.3, -0.25) is 0 Å². The molecule has 0 radical (unpaired) electrons. The van der Waals surface area contributed by atoms with Gasteiger partial charge in [0.2, 0.25) is 0 Å². The highest BCUT2D eigenvalue weighted by Gasteiger charge is 2.33. The van der Waals surface area contributed by atoms with E-state index in [1.165, 1.54) is 32.1 Å². The molecular weight excluding hydrogens is 468 g/mol. The van der Waals surface area contributed by atoms with Gasteiger partial charge in [0.15, 0.2) is 6.04 Å². The lowest BCUT2D eigenvalue weighted by atomic mass is 9.95. The number of hydrogen-bond donors (Lipinski definition) is 3. The van der Waals surface area contributed by atoms with Crippen molar-refractivity contribution in [1.82, 2.24) is 5.32 Å². The molecule has 0 saturated heterocycles. The quantitative estimate of drug-likeness (QED) is 0.404. The summed E-state index contributed by atoms with van der Waals surface area (Å²) in [6, 6.07) is 17.0. The van der Waals surface area contributed by atoms with Crippen LogP contribution in [0.2, 0.25) is 0 Å². The van der Waals surface area contributed by atoms with Crippen molar-refractivity contribution in [3.63, 3.8) is 0 Å². The molecular formula is C30H44N2O5. The van der Waals surface area contributed by atoms with Gasteiger partial charge in [-0.1, -0.05) is 73.9 Å². The van der Waals surface area contributed by atoms with Gasteiger partial charge in [-0.05, 0) is 71.1 Å². The van der Waals surface area contributed by atoms with Crippen LogP contribution in [0, 0.1) is 0 Å². The Morgan fingerprint density at radius 3 is 1.92 bits per heavy atom. The number of amides is 1. The Hall–Kier alpha value is -2.90. The molecule has 0 aromatic heterocycles. The number of rotatable bonds is 7. The second kappa shape index (κ2) is 13.6. The molecule has 2 aromatic rings. The summed E-state index contributed by atoms with van der Waals surface area (Å²) in [6.45, 7) is 10.6. The molecule has 7 heteroatoms. The Bertz CT molecular complexity index is 977. The van der Waals surface area contributed by atoms with Crippen LogP contribution in [0.3, 0.4) is 0 Å². The summed E-state index contributed by atoms with van der Waals surface area (Å²) in [5.41, 5.74) is 7.09. The third kappa shape index (κ3) is 10.5. The maximum absolute atomic E-state index is 12.5. The highest BCUT2D eigenvalue weighted by molar-refractivity contribution is 5.80. The number of nitrogens with two attached hydrogens (primary N) is 1. The fraction of sp³-hybridized carbons (Fsp3) is 0.533. The summed E-state index contributed by atoms with van der Waals surface area (Å²) in [7, 11) is 0. The number of carbonyl (C=O) groups excluding carboxylic acids is 1. The van der Waals surface area contributed by atoms with Crippen LogP contribution in [0.1, 0.15) is 79.2 Å². The largest absolute Gasteiger partial charge is 0.480 e. The summed E-state index contributed by atoms with van der Waals surface area (Å²) in [4.78, 5) is 24.1. The van der Waals surface area contributed by atoms with E-state index in [2.05, 4.69) is 5.32 Å². The first-order valence-electron chi connectivity index (χ1n) is 13.1. The minimum absolute atomic E-state index is 0.536. The first-order chi connectivity index (χ1) is 17.3. The summed E-state index contributed by atoms with van der Waals surface area (Å²) < 4.78 is 11.2. The van der Waals surface area contributed by atoms with Crippen LogP contribution in [-0.2, 0) is 19.9 Å². The van der Waals surface area contributed by atoms with Gasteiger partial charge in [-0.2, -0.15) is 0 Å². The Morgan fingerprint density at radius 1 is 0.919 bits per heavy atom. The second-order valence-electron chi connectivity index (χ2n) is 11.1. The van der Waals surface area contributed by atoms with Crippen LogP contribution in [0.5, 0.6) is 0 Å². The molecule has 2 atom stereocenters. The summed E-state index contributed by atoms with van der Waals surface area (Å²) >= 11 is 0. The van der Waals surface area contributed by atoms with Crippen LogP contribution in [0.4, 0.5) is 4.79 Å². The third-order valence-corrected chi connectivity index (χ3v) is 6.23. The lowest BCUT2D eigenvalue weighted by Crippen LogP contribution is -2.51. The fourth-order valence-electron chi connectivity index (χ4n) is 4.28. The van der Waals surface area contributed by atoms with Crippen molar-refractivity contribution in [2.75, 3.05) is 0 Å². The zero-order chi connectivity index (χ0) is 27.6. The van der Waals surface area contributed by atoms with Gasteiger partial charge in [0, 0.05) is 6.04 Å². The van der Waals surface area contributed by atoms with Crippen LogP contribution < -0.4 is 11.1 Å². The molecule has 0 bridgehead atoms. The minimum atomic E-state index is -1.23. The number of carboxylic acids is 1. The van der Waals surface area contributed by atoms with Crippen molar-refractivity contribution in [3.05, 3.63) is 60.2 Å². The highest BCUT2D eigenvalue weighted by atomic mass is 16.6. The molecule has 0 spiro atoms. The highest BCUT2D eigenvalue weighted by Crippen LogP contribution is 2.28. The van der Waals surface area contributed by atoms with E-state index in [9.17, 15) is 14.7 Å². The van der Waals surface area contributed by atoms with Crippen molar-refractivity contribution in [2.24, 2.45) is 5.73 Å². The number of carbonyl (C=O) groups is 2. The van der Waals surface area contributed by atoms with E-state index >= 15 is 0 Å². The van der Waals surface area contributed by atoms with Gasteiger partial charge >= 0.3 is 12.1 Å². The fourth-order valence-corrected chi connectivity index (χ4v) is 4.28. The molecule has 0 heterocycles. The third-order valence-electron chi connectivity index (χ3n) is 6.23. The zero-order valence-electron chi connectivity index (χ0n) is 23.1. The number of carboxylic acid groups (broad SMARTS) is 1. The standard InChI is InChI=1S/C24H31NO5.C6H13N/c1-16(29-23(2,3)4)20(21(26)27)25-22(28)30-24(5,6)19-14-12-18(13-15-19)17-10-8-7-9-11-17;7-6-4-2-1-3-5-6/h7-16,20H,1-6H3,(H,25,28)(H,26,27);6H,1-5,7H2. The molecule has 1 fully saturated rings. The van der Waals surface area contributed by atoms with Gasteiger partial charge < -0.3 is 25.6 Å². The van der Waals surface area contributed by atoms with Gasteiger partial charge in [0.1, 0.15) is 5.60 Å². The van der Waals surface area contributed by atoms with Crippen LogP contribution in [0.15, 0.2) is 54.6 Å². The van der Waals surface area contributed by atoms with Gasteiger partial charge in [-0.25, -0.2) is 9.59 Å². The number of benzene rings is 2. The van der Waals surface area contributed by atoms with Gasteiger partial charge in [-0.15, -0.1) is 0 Å². The van der Waals surface area contributed by atoms with E-state index in [0.717, 1.165) is 16.7 Å². The van der Waals surface area contributed by atoms with Gasteiger partial charge in [0.05, 0.1) is 11.7 Å². The normalized spacial score (nSPS) is 16.1. The molecule has 2 aromatic carbocycles. The number of aliphatic carboxylic acids is 1. The van der Waals surface area contributed by atoms with Crippen molar-refractivity contribution in [3.8, 4) is 11.1 Å². The van der Waals surface area contributed by atoms with Crippen molar-refractivity contribution in [1.29, 1.82) is 0 Å². The predicted molar refractivity (Wildman–Crippen MR) is 147 cm³/mol. The molecule has 37 heavy (non-hydrogen) atoms. The first kappa shape index (κ1) is 30.3. The summed E-state index contributed by atoms with van der Waals surface area (Å²) in [5.74, 6) is -1.19. The molecule has 1 aliphatic rings. The van der Waals surface area contributed by atoms with Crippen LogP contribution in [0.25, 0.3) is 11.1 Å². The molecule has 204 valence electrons. The topological polar surface area (TPSA) is 111 Å². The number of ether oxygens (including phenoxy) is 2. The number of hydrogen-bond acceptors (Lipinski definition) is 5. The van der Waals surface area contributed by atoms with Crippen molar-refractivity contribution < 1.29 is 24.2 Å². The van der Waals surface area contributed by atoms with E-state index in [4.69, 9.17) is 15.2 Å². The molecule has 1 aliphatic carbocycles. The van der Waals surface area contributed by atoms with Crippen molar-refractivity contribution in [2.45, 2.75) is 103 Å². The van der Waals surface area contributed by atoms with Crippen molar-refractivity contribution >= 4 is 12.1 Å². The Morgan fingerprint density at radius 2 is 1.46 bits per heavy atom. The van der Waals surface area contributed by atoms with Crippen LogP contribution in [-0.4, -0.2) is 41.0 Å². The number of alkyl carbamates (subject to hydrolysis) is 1.